The van der Waals surface area contributed by atoms with Crippen LogP contribution in [0.2, 0.25) is 0 Å². The first-order chi connectivity index (χ1) is 13.0. The molecule has 0 unspecified atom stereocenters. The lowest BCUT2D eigenvalue weighted by molar-refractivity contribution is -0.384. The number of aromatic amines is 1. The Bertz CT molecular complexity index is 1060. The number of aromatic nitrogens is 2. The number of nitrogens with zero attached hydrogens (tertiary/aromatic N) is 2. The van der Waals surface area contributed by atoms with E-state index in [2.05, 4.69) is 15.5 Å². The largest absolute Gasteiger partial charge is 0.454 e. The van der Waals surface area contributed by atoms with E-state index in [1.807, 2.05) is 6.07 Å². The summed E-state index contributed by atoms with van der Waals surface area (Å²) in [6, 6.07) is 11.3. The van der Waals surface area contributed by atoms with Gasteiger partial charge in [-0.25, -0.2) is 0 Å². The van der Waals surface area contributed by atoms with E-state index in [9.17, 15) is 14.9 Å². The molecule has 2 heterocycles. The van der Waals surface area contributed by atoms with E-state index in [0.29, 0.717) is 28.4 Å². The summed E-state index contributed by atoms with van der Waals surface area (Å²) in [7, 11) is 0. The zero-order chi connectivity index (χ0) is 19.0. The molecule has 0 radical (unpaired) electrons. The van der Waals surface area contributed by atoms with Crippen LogP contribution in [0.3, 0.4) is 0 Å². The Hall–Kier alpha value is -3.88. The molecule has 0 atom stereocenters. The van der Waals surface area contributed by atoms with E-state index < -0.39 is 10.8 Å². The van der Waals surface area contributed by atoms with Crippen molar-refractivity contribution in [2.24, 2.45) is 0 Å². The van der Waals surface area contributed by atoms with Gasteiger partial charge in [-0.15, -0.1) is 0 Å². The Kier molecular flexibility index (Phi) is 3.96. The quantitative estimate of drug-likeness (QED) is 0.540. The average Bonchev–Trinajstić information content (AvgIpc) is 3.31. The Morgan fingerprint density at radius 1 is 1.19 bits per heavy atom. The maximum atomic E-state index is 12.5. The minimum absolute atomic E-state index is 0.0304. The molecule has 0 saturated carbocycles. The van der Waals surface area contributed by atoms with E-state index in [1.165, 1.54) is 18.2 Å². The second-order valence-corrected chi connectivity index (χ2v) is 5.95. The highest BCUT2D eigenvalue weighted by atomic mass is 16.7. The van der Waals surface area contributed by atoms with Crippen LogP contribution >= 0.6 is 0 Å². The molecule has 0 bridgehead atoms. The number of anilines is 1. The van der Waals surface area contributed by atoms with Gasteiger partial charge in [0.1, 0.15) is 5.69 Å². The molecule has 1 amide bonds. The number of non-ortho nitro benzene ring substituents is 1. The van der Waals surface area contributed by atoms with Crippen LogP contribution in [0.4, 0.5) is 11.4 Å². The highest BCUT2D eigenvalue weighted by Gasteiger charge is 2.17. The summed E-state index contributed by atoms with van der Waals surface area (Å²) < 4.78 is 10.6. The van der Waals surface area contributed by atoms with Gasteiger partial charge in [-0.2, -0.15) is 5.10 Å². The van der Waals surface area contributed by atoms with E-state index >= 15 is 0 Å². The minimum Gasteiger partial charge on any atom is -0.454 e. The Morgan fingerprint density at radius 3 is 2.78 bits per heavy atom. The minimum atomic E-state index is -0.481. The van der Waals surface area contributed by atoms with Gasteiger partial charge < -0.3 is 14.8 Å². The number of rotatable bonds is 4. The van der Waals surface area contributed by atoms with Crippen LogP contribution in [0.1, 0.15) is 16.1 Å². The fraction of sp³-hybridized carbons (Fsp3) is 0.111. The summed E-state index contributed by atoms with van der Waals surface area (Å²) in [5.41, 5.74) is 2.68. The third-order valence-corrected chi connectivity index (χ3v) is 4.16. The lowest BCUT2D eigenvalue weighted by atomic mass is 10.1. The highest BCUT2D eigenvalue weighted by Crippen LogP contribution is 2.35. The third-order valence-electron chi connectivity index (χ3n) is 4.16. The molecule has 0 aliphatic carbocycles. The van der Waals surface area contributed by atoms with Crippen molar-refractivity contribution in [3.8, 4) is 22.8 Å². The SMILES string of the molecule is Cc1cc([N+](=O)[O-])ccc1NC(=O)c1cc(-c2ccc3c(c2)OCO3)n[nH]1. The number of nitro benzene ring substituents is 1. The predicted octanol–water partition coefficient (Wildman–Crippen LogP) is 3.27. The van der Waals surface area contributed by atoms with Crippen molar-refractivity contribution in [1.29, 1.82) is 0 Å². The fourth-order valence-corrected chi connectivity index (χ4v) is 2.73. The monoisotopic (exact) mass is 366 g/mol. The van der Waals surface area contributed by atoms with Gasteiger partial charge in [0.25, 0.3) is 11.6 Å². The number of hydrogen-bond donors (Lipinski definition) is 2. The topological polar surface area (TPSA) is 119 Å². The molecule has 3 aromatic rings. The van der Waals surface area contributed by atoms with Crippen LogP contribution in [-0.4, -0.2) is 27.8 Å². The number of carbonyl (C=O) groups excluding carboxylic acids is 1. The van der Waals surface area contributed by atoms with Crippen LogP contribution in [0.15, 0.2) is 42.5 Å². The number of nitrogens with one attached hydrogen (secondary N) is 2. The smallest absolute Gasteiger partial charge is 0.273 e. The maximum Gasteiger partial charge on any atom is 0.273 e. The first-order valence-corrected chi connectivity index (χ1v) is 8.03. The normalized spacial score (nSPS) is 12.0. The summed E-state index contributed by atoms with van der Waals surface area (Å²) in [6.45, 7) is 1.87. The van der Waals surface area contributed by atoms with Gasteiger partial charge in [-0.1, -0.05) is 0 Å². The van der Waals surface area contributed by atoms with Gasteiger partial charge in [0.15, 0.2) is 11.5 Å². The second-order valence-electron chi connectivity index (χ2n) is 5.95. The van der Waals surface area contributed by atoms with Crippen molar-refractivity contribution >= 4 is 17.3 Å². The number of aryl methyl sites for hydroxylation is 1. The molecule has 2 N–H and O–H groups in total. The van der Waals surface area contributed by atoms with Gasteiger partial charge >= 0.3 is 0 Å². The molecule has 27 heavy (non-hydrogen) atoms. The average molecular weight is 366 g/mol. The van der Waals surface area contributed by atoms with Gasteiger partial charge in [0.2, 0.25) is 6.79 Å². The van der Waals surface area contributed by atoms with Crippen LogP contribution in [0.25, 0.3) is 11.3 Å². The van der Waals surface area contributed by atoms with E-state index in [4.69, 9.17) is 9.47 Å². The van der Waals surface area contributed by atoms with E-state index in [1.54, 1.807) is 25.1 Å². The van der Waals surface area contributed by atoms with Crippen molar-refractivity contribution < 1.29 is 19.2 Å². The number of nitro groups is 1. The van der Waals surface area contributed by atoms with Gasteiger partial charge in [0.05, 0.1) is 10.6 Å². The number of fused-ring (bicyclic) bond motifs is 1. The molecule has 1 aliphatic heterocycles. The first-order valence-electron chi connectivity index (χ1n) is 8.03. The molecular formula is C18H14N4O5. The number of ether oxygens (including phenoxy) is 2. The molecule has 0 saturated heterocycles. The standard InChI is InChI=1S/C18H14N4O5/c1-10-6-12(22(24)25)3-4-13(10)19-18(23)15-8-14(20-21-15)11-2-5-16-17(7-11)27-9-26-16/h2-8H,9H2,1H3,(H,19,23)(H,20,21). The molecule has 9 nitrogen and oxygen atoms in total. The molecule has 4 rings (SSSR count). The maximum absolute atomic E-state index is 12.5. The number of H-pyrrole nitrogens is 1. The number of benzene rings is 2. The second kappa shape index (κ2) is 6.45. The molecule has 0 spiro atoms. The first kappa shape index (κ1) is 16.6. The van der Waals surface area contributed by atoms with Crippen LogP contribution in [0.5, 0.6) is 11.5 Å². The number of hydrogen-bond acceptors (Lipinski definition) is 6. The van der Waals surface area contributed by atoms with Gasteiger partial charge in [0, 0.05) is 23.4 Å². The van der Waals surface area contributed by atoms with Crippen molar-refractivity contribution in [2.45, 2.75) is 6.92 Å². The van der Waals surface area contributed by atoms with Crippen LogP contribution < -0.4 is 14.8 Å². The molecule has 1 aromatic heterocycles. The summed E-state index contributed by atoms with van der Waals surface area (Å²) in [5, 5.41) is 20.4. The van der Waals surface area contributed by atoms with E-state index in [0.717, 1.165) is 5.56 Å². The number of amides is 1. The summed E-state index contributed by atoms with van der Waals surface area (Å²) in [6.07, 6.45) is 0. The summed E-state index contributed by atoms with van der Waals surface area (Å²) in [4.78, 5) is 22.8. The summed E-state index contributed by atoms with van der Waals surface area (Å²) >= 11 is 0. The highest BCUT2D eigenvalue weighted by molar-refractivity contribution is 6.03. The van der Waals surface area contributed by atoms with Gasteiger partial charge in [-0.05, 0) is 42.8 Å². The molecule has 0 fully saturated rings. The van der Waals surface area contributed by atoms with Crippen molar-refractivity contribution in [3.63, 3.8) is 0 Å². The number of carbonyl (C=O) groups is 1. The molecule has 9 heteroatoms. The zero-order valence-electron chi connectivity index (χ0n) is 14.2. The Morgan fingerprint density at radius 2 is 2.00 bits per heavy atom. The lowest BCUT2D eigenvalue weighted by Gasteiger charge is -2.06. The fourth-order valence-electron chi connectivity index (χ4n) is 2.73. The predicted molar refractivity (Wildman–Crippen MR) is 95.9 cm³/mol. The Labute approximate surface area is 153 Å². The van der Waals surface area contributed by atoms with Crippen molar-refractivity contribution in [2.75, 3.05) is 12.1 Å². The molecule has 136 valence electrons. The van der Waals surface area contributed by atoms with Crippen molar-refractivity contribution in [1.82, 2.24) is 10.2 Å². The third kappa shape index (κ3) is 3.17. The molecule has 2 aromatic carbocycles. The lowest BCUT2D eigenvalue weighted by Crippen LogP contribution is -2.13. The molecular weight excluding hydrogens is 352 g/mol. The van der Waals surface area contributed by atoms with Gasteiger partial charge in [-0.3, -0.25) is 20.0 Å². The van der Waals surface area contributed by atoms with E-state index in [-0.39, 0.29) is 18.2 Å². The van der Waals surface area contributed by atoms with Crippen molar-refractivity contribution in [3.05, 3.63) is 63.8 Å². The van der Waals surface area contributed by atoms with Crippen LogP contribution in [0, 0.1) is 17.0 Å². The molecule has 1 aliphatic rings. The summed E-state index contributed by atoms with van der Waals surface area (Å²) in [5.74, 6) is 0.898. The Balaban J connectivity index is 1.53. The van der Waals surface area contributed by atoms with Crippen LogP contribution in [-0.2, 0) is 0 Å². The zero-order valence-corrected chi connectivity index (χ0v) is 14.2.